The van der Waals surface area contributed by atoms with E-state index < -0.39 is 0 Å². The van der Waals surface area contributed by atoms with Gasteiger partial charge in [-0.25, -0.2) is 0 Å². The maximum atomic E-state index is 3.89. The third-order valence-electron chi connectivity index (χ3n) is 0. The summed E-state index contributed by atoms with van der Waals surface area (Å²) in [6.45, 7) is 0. The van der Waals surface area contributed by atoms with Crippen LogP contribution in [0.25, 0.3) is 0 Å². The molecule has 0 radical (unpaired) electrons. The molecular weight excluding hydrogens is 140 g/mol. The summed E-state index contributed by atoms with van der Waals surface area (Å²) in [5.74, 6) is 0. The molecule has 0 aliphatic heterocycles. The van der Waals surface area contributed by atoms with Crippen LogP contribution in [-0.2, 0) is 11.8 Å². The van der Waals surface area contributed by atoms with E-state index in [-0.39, 0.29) is 40.1 Å². The van der Waals surface area contributed by atoms with Crippen LogP contribution in [0.15, 0.2) is 0 Å². The average molecular weight is 145 g/mol. The van der Waals surface area contributed by atoms with E-state index in [1.54, 1.807) is 0 Å². The van der Waals surface area contributed by atoms with Crippen LogP contribution in [0.1, 0.15) is 1.43 Å². The summed E-state index contributed by atoms with van der Waals surface area (Å²) in [5, 5.41) is 0. The largest absolute Gasteiger partial charge is 1.00 e. The molecule has 0 N–H and O–H groups in total. The molecular formula is H5GaLiPS. The second kappa shape index (κ2) is 21.8. The molecule has 0 aromatic rings. The van der Waals surface area contributed by atoms with Crippen molar-refractivity contribution in [3.8, 4) is 0 Å². The Labute approximate surface area is 59.7 Å². The quantitative estimate of drug-likeness (QED) is 0.252. The van der Waals surface area contributed by atoms with E-state index in [4.69, 9.17) is 0 Å². The predicted molar refractivity (Wildman–Crippen MR) is 26.7 cm³/mol. The van der Waals surface area contributed by atoms with E-state index in [0.717, 1.165) is 0 Å². The van der Waals surface area contributed by atoms with E-state index in [2.05, 4.69) is 19.8 Å². The zero-order valence-corrected chi connectivity index (χ0v) is 3.72. The maximum Gasteiger partial charge on any atom is 1.00 e. The molecule has 0 fully saturated rings. The van der Waals surface area contributed by atoms with Gasteiger partial charge in [-0.05, 0) is 8.02 Å². The fraction of sp³-hybridized carbons (Fsp3) is 0. The van der Waals surface area contributed by atoms with Gasteiger partial charge in [-0.15, -0.1) is 0 Å². The molecule has 20 valence electrons. The van der Waals surface area contributed by atoms with Gasteiger partial charge in [0.1, 0.15) is 0 Å². The van der Waals surface area contributed by atoms with Gasteiger partial charge in [0.25, 0.3) is 0 Å². The summed E-state index contributed by atoms with van der Waals surface area (Å²) in [5.41, 5.74) is 0. The maximum absolute atomic E-state index is 3.89. The molecule has 0 heterocycles. The molecule has 0 spiro atoms. The molecule has 0 aliphatic carbocycles. The van der Waals surface area contributed by atoms with E-state index in [0.29, 0.717) is 0 Å². The topological polar surface area (TPSA) is 0 Å². The minimum absolute atomic E-state index is 0. The average Bonchev–Trinajstić information content (AvgIpc) is 1.00. The van der Waals surface area contributed by atoms with Crippen molar-refractivity contribution in [1.29, 1.82) is 0 Å². The Hall–Kier alpha value is 1.75. The van der Waals surface area contributed by atoms with Crippen LogP contribution in [0.2, 0.25) is 0 Å². The number of hydrogen-bond donors (Lipinski definition) is 0. The normalized spacial score (nSPS) is 1.00. The van der Waals surface area contributed by atoms with Crippen molar-refractivity contribution < 1.29 is 20.3 Å². The van der Waals surface area contributed by atoms with Gasteiger partial charge in [-0.1, -0.05) is 11.8 Å². The van der Waals surface area contributed by atoms with Crippen molar-refractivity contribution in [2.24, 2.45) is 0 Å². The van der Waals surface area contributed by atoms with Crippen molar-refractivity contribution in [1.82, 2.24) is 0 Å². The predicted octanol–water partition coefficient (Wildman–Crippen LogP) is -3.48. The third kappa shape index (κ3) is 9.26. The number of rotatable bonds is 0. The zero-order chi connectivity index (χ0) is 2.00. The Morgan fingerprint density at radius 3 is 1.50 bits per heavy atom. The van der Waals surface area contributed by atoms with Gasteiger partial charge in [0.15, 0.2) is 0 Å². The second-order valence-electron chi connectivity index (χ2n) is 0. The first-order chi connectivity index (χ1) is 1.00. The standard InChI is InChI=1S/Ga.Li.HPS.4H/c;;1-2;;;;/h;;1H;;;;/q;+1;;;;;-1. The van der Waals surface area contributed by atoms with Crippen LogP contribution in [0.4, 0.5) is 0 Å². The Kier molecular flexibility index (Phi) is 93.4. The fourth-order valence-corrected chi connectivity index (χ4v) is 0. The van der Waals surface area contributed by atoms with E-state index in [9.17, 15) is 0 Å². The summed E-state index contributed by atoms with van der Waals surface area (Å²) < 4.78 is 0. The smallest absolute Gasteiger partial charge is 1.00 e. The first-order valence-electron chi connectivity index (χ1n) is 0.204. The molecule has 4 heteroatoms. The van der Waals surface area contributed by atoms with Crippen molar-refractivity contribution in [3.63, 3.8) is 0 Å². The Morgan fingerprint density at radius 1 is 1.50 bits per heavy atom. The van der Waals surface area contributed by atoms with Crippen LogP contribution in [-0.4, -0.2) is 19.8 Å². The molecule has 0 aromatic carbocycles. The Morgan fingerprint density at radius 2 is 1.50 bits per heavy atom. The first kappa shape index (κ1) is 17.1. The van der Waals surface area contributed by atoms with Crippen LogP contribution in [0.3, 0.4) is 0 Å². The van der Waals surface area contributed by atoms with E-state index in [1.165, 1.54) is 0 Å². The van der Waals surface area contributed by atoms with Gasteiger partial charge >= 0.3 is 38.7 Å². The summed E-state index contributed by atoms with van der Waals surface area (Å²) in [6, 6.07) is 0. The fourth-order valence-electron chi connectivity index (χ4n) is 0. The van der Waals surface area contributed by atoms with Crippen molar-refractivity contribution >= 4 is 39.6 Å². The molecule has 0 saturated carbocycles. The summed E-state index contributed by atoms with van der Waals surface area (Å²) in [7, 11) is 2.56. The molecule has 4 heavy (non-hydrogen) atoms. The Bertz CT molecular complexity index is 11.6. The van der Waals surface area contributed by atoms with Gasteiger partial charge in [-0.2, -0.15) is 0 Å². The molecule has 0 amide bonds. The summed E-state index contributed by atoms with van der Waals surface area (Å²) >= 11 is 3.89. The summed E-state index contributed by atoms with van der Waals surface area (Å²) in [4.78, 5) is 0. The second-order valence-corrected chi connectivity index (χ2v) is 0. The van der Waals surface area contributed by atoms with E-state index >= 15 is 0 Å². The third-order valence-corrected chi connectivity index (χ3v) is 0. The minimum Gasteiger partial charge on any atom is -1.00 e. The van der Waals surface area contributed by atoms with Crippen LogP contribution >= 0.6 is 8.02 Å². The summed E-state index contributed by atoms with van der Waals surface area (Å²) in [6.07, 6.45) is 0. The van der Waals surface area contributed by atoms with Crippen molar-refractivity contribution in [2.75, 3.05) is 0 Å². The van der Waals surface area contributed by atoms with Crippen molar-refractivity contribution in [3.05, 3.63) is 0 Å². The monoisotopic (exact) mass is 144 g/mol. The first-order valence-corrected chi connectivity index (χ1v) is 1.84. The van der Waals surface area contributed by atoms with E-state index in [1.807, 2.05) is 0 Å². The molecule has 0 aromatic heterocycles. The molecule has 0 nitrogen and oxygen atoms in total. The van der Waals surface area contributed by atoms with Gasteiger partial charge in [0.05, 0.1) is 0 Å². The zero-order valence-electron chi connectivity index (χ0n) is 2.91. The van der Waals surface area contributed by atoms with Crippen LogP contribution < -0.4 is 18.9 Å². The molecule has 0 atom stereocenters. The SMILES string of the molecule is P=S.[GaH3].[H-].[Li+]. The van der Waals surface area contributed by atoms with Crippen LogP contribution in [0, 0.1) is 0 Å². The van der Waals surface area contributed by atoms with Gasteiger partial charge in [0, 0.05) is 0 Å². The van der Waals surface area contributed by atoms with Crippen molar-refractivity contribution in [2.45, 2.75) is 0 Å². The van der Waals surface area contributed by atoms with Gasteiger partial charge < -0.3 is 1.43 Å². The molecule has 0 aliphatic rings. The van der Waals surface area contributed by atoms with Crippen LogP contribution in [0.5, 0.6) is 0 Å². The van der Waals surface area contributed by atoms with Gasteiger partial charge in [-0.3, -0.25) is 0 Å². The molecule has 0 bridgehead atoms. The molecule has 0 rings (SSSR count). The molecule has 0 unspecified atom stereocenters. The molecule has 0 saturated heterocycles. The number of hydrogen-bond acceptors (Lipinski definition) is 1. The Balaban J connectivity index is -0.00000000167. The minimum atomic E-state index is 0. The van der Waals surface area contributed by atoms with Gasteiger partial charge in [0.2, 0.25) is 0 Å².